The number of hydrogen-bond donors (Lipinski definition) is 4. The summed E-state index contributed by atoms with van der Waals surface area (Å²) in [5.41, 5.74) is 12.1. The van der Waals surface area contributed by atoms with Crippen molar-refractivity contribution in [2.45, 2.75) is 45.5 Å². The second kappa shape index (κ2) is 15.0. The number of nitrogen functional groups attached to an aromatic ring is 1. The molecule has 0 aliphatic heterocycles. The van der Waals surface area contributed by atoms with E-state index in [1.54, 1.807) is 26.0 Å². The average Bonchev–Trinajstić information content (AvgIpc) is 2.99. The zero-order chi connectivity index (χ0) is 30.8. The quantitative estimate of drug-likeness (QED) is 0.0820. The maximum absolute atomic E-state index is 15.7. The highest BCUT2D eigenvalue weighted by molar-refractivity contribution is 5.96. The van der Waals surface area contributed by atoms with Gasteiger partial charge in [-0.25, -0.2) is 9.38 Å². The van der Waals surface area contributed by atoms with E-state index in [9.17, 15) is 10.2 Å². The van der Waals surface area contributed by atoms with E-state index in [-0.39, 0.29) is 11.4 Å². The van der Waals surface area contributed by atoms with Crippen LogP contribution in [-0.4, -0.2) is 52.4 Å². The molecule has 0 saturated carbocycles. The van der Waals surface area contributed by atoms with Crippen molar-refractivity contribution in [2.24, 2.45) is 9.98 Å². The van der Waals surface area contributed by atoms with Crippen molar-refractivity contribution >= 4 is 29.2 Å². The minimum Gasteiger partial charge on any atom is -0.477 e. The first-order chi connectivity index (χ1) is 20.1. The Morgan fingerprint density at radius 2 is 1.67 bits per heavy atom. The highest BCUT2D eigenvalue weighted by atomic mass is 19.1. The minimum atomic E-state index is -1.37. The van der Waals surface area contributed by atoms with Gasteiger partial charge in [-0.05, 0) is 60.2 Å². The second-order valence-corrected chi connectivity index (χ2v) is 9.83. The number of aliphatic hydroxyl groups excluding tert-OH is 3. The van der Waals surface area contributed by atoms with Crippen LogP contribution in [0.3, 0.4) is 0 Å². The fourth-order valence-corrected chi connectivity index (χ4v) is 4.42. The molecule has 3 rings (SSSR count). The van der Waals surface area contributed by atoms with E-state index in [1.165, 1.54) is 0 Å². The van der Waals surface area contributed by atoms with Crippen molar-refractivity contribution in [3.8, 4) is 22.3 Å². The van der Waals surface area contributed by atoms with Gasteiger partial charge >= 0.3 is 0 Å². The van der Waals surface area contributed by atoms with Gasteiger partial charge in [0.15, 0.2) is 12.2 Å². The first-order valence-electron chi connectivity index (χ1n) is 13.6. The van der Waals surface area contributed by atoms with E-state index in [4.69, 9.17) is 15.6 Å². The molecular formula is C34H38FN3O4. The van der Waals surface area contributed by atoms with Gasteiger partial charge in [0.1, 0.15) is 24.0 Å². The first kappa shape index (κ1) is 32.1. The summed E-state index contributed by atoms with van der Waals surface area (Å²) in [5, 5.41) is 28.9. The molecule has 7 nitrogen and oxygen atoms in total. The Morgan fingerprint density at radius 3 is 2.24 bits per heavy atom. The molecule has 0 saturated heterocycles. The van der Waals surface area contributed by atoms with Gasteiger partial charge in [-0.1, -0.05) is 80.8 Å². The van der Waals surface area contributed by atoms with Gasteiger partial charge in [0.25, 0.3) is 0 Å². The van der Waals surface area contributed by atoms with Crippen LogP contribution in [0.1, 0.15) is 31.4 Å². The Bertz CT molecular complexity index is 1480. The first-order valence-corrected chi connectivity index (χ1v) is 13.6. The van der Waals surface area contributed by atoms with Crippen molar-refractivity contribution in [3.63, 3.8) is 0 Å². The van der Waals surface area contributed by atoms with Crippen LogP contribution in [-0.2, 0) is 4.74 Å². The molecule has 0 radical (unpaired) electrons. The van der Waals surface area contributed by atoms with Gasteiger partial charge < -0.3 is 25.8 Å². The molecule has 3 aromatic rings. The van der Waals surface area contributed by atoms with E-state index in [2.05, 4.69) is 23.1 Å². The molecular weight excluding hydrogens is 533 g/mol. The number of rotatable bonds is 13. The van der Waals surface area contributed by atoms with Crippen molar-refractivity contribution in [1.82, 2.24) is 0 Å². The number of allylic oxidation sites excluding steroid dienone is 3. The predicted molar refractivity (Wildman–Crippen MR) is 170 cm³/mol. The number of nitrogens with two attached hydrogens (primary N) is 1. The van der Waals surface area contributed by atoms with Crippen LogP contribution < -0.4 is 5.73 Å². The standard InChI is InChI=1S/C34H38FN3O4/c1-6-8-9-22(4)38-23(5)24-10-12-25(13-11-24)26-14-16-27(17-15-26)31-21(3)18-28(36)33(32(31)35)37-20-42-30(7-2)34(41)29(40)19-39/h6,8-18,20,29-30,34,39-41H,1,5,7,19,36H2,2-4H3/b9-8-,37-20?,38-22?. The van der Waals surface area contributed by atoms with Crippen LogP contribution in [0.2, 0.25) is 0 Å². The number of aliphatic imine (C=N–C) groups is 2. The van der Waals surface area contributed by atoms with Crippen LogP contribution in [0.15, 0.2) is 96.0 Å². The lowest BCUT2D eigenvalue weighted by molar-refractivity contribution is -0.0702. The smallest absolute Gasteiger partial charge is 0.175 e. The fraction of sp³-hybridized carbons (Fsp3) is 0.235. The van der Waals surface area contributed by atoms with Crippen molar-refractivity contribution in [1.29, 1.82) is 0 Å². The molecule has 0 aliphatic rings. The largest absolute Gasteiger partial charge is 0.477 e. The normalized spacial score (nSPS) is 14.2. The van der Waals surface area contributed by atoms with Crippen LogP contribution in [0, 0.1) is 12.7 Å². The van der Waals surface area contributed by atoms with Gasteiger partial charge in [-0.2, -0.15) is 0 Å². The summed E-state index contributed by atoms with van der Waals surface area (Å²) in [6.45, 7) is 12.5. The van der Waals surface area contributed by atoms with Gasteiger partial charge in [0.2, 0.25) is 0 Å². The topological polar surface area (TPSA) is 121 Å². The van der Waals surface area contributed by atoms with Gasteiger partial charge in [0, 0.05) is 11.3 Å². The van der Waals surface area contributed by atoms with Crippen LogP contribution in [0.5, 0.6) is 0 Å². The number of anilines is 1. The second-order valence-electron chi connectivity index (χ2n) is 9.83. The van der Waals surface area contributed by atoms with Gasteiger partial charge in [-0.15, -0.1) is 0 Å². The molecule has 0 aromatic heterocycles. The van der Waals surface area contributed by atoms with E-state index in [0.717, 1.165) is 28.8 Å². The van der Waals surface area contributed by atoms with Crippen LogP contribution in [0.4, 0.5) is 15.8 Å². The van der Waals surface area contributed by atoms with Crippen molar-refractivity contribution in [3.05, 3.63) is 103 Å². The number of halogens is 1. The van der Waals surface area contributed by atoms with Gasteiger partial charge in [-0.3, -0.25) is 4.99 Å². The summed E-state index contributed by atoms with van der Waals surface area (Å²) in [6.07, 6.45) is 3.15. The Balaban J connectivity index is 1.82. The van der Waals surface area contributed by atoms with Crippen molar-refractivity contribution < 1.29 is 24.4 Å². The highest BCUT2D eigenvalue weighted by Crippen LogP contribution is 2.37. The third-order valence-electron chi connectivity index (χ3n) is 6.76. The number of nitrogens with zero attached hydrogens (tertiary/aromatic N) is 2. The molecule has 0 heterocycles. The lowest BCUT2D eigenvalue weighted by atomic mass is 9.95. The SMILES string of the molecule is C=C/C=C\C(C)=NC(=C)c1ccc(-c2ccc(-c3c(C)cc(N)c(N=COC(CC)C(O)C(O)CO)c3F)cc2)cc1. The summed E-state index contributed by atoms with van der Waals surface area (Å²) in [7, 11) is 0. The molecule has 42 heavy (non-hydrogen) atoms. The van der Waals surface area contributed by atoms with Crippen molar-refractivity contribution in [2.75, 3.05) is 12.3 Å². The molecule has 8 heteroatoms. The molecule has 3 unspecified atom stereocenters. The van der Waals surface area contributed by atoms with Crippen LogP contribution >= 0.6 is 0 Å². The summed E-state index contributed by atoms with van der Waals surface area (Å²) in [5.74, 6) is -0.606. The summed E-state index contributed by atoms with van der Waals surface area (Å²) in [6, 6.07) is 17.1. The van der Waals surface area contributed by atoms with E-state index >= 15 is 4.39 Å². The zero-order valence-corrected chi connectivity index (χ0v) is 24.2. The Kier molecular flexibility index (Phi) is 11.5. The summed E-state index contributed by atoms with van der Waals surface area (Å²) >= 11 is 0. The Labute approximate surface area is 246 Å². The molecule has 0 aliphatic carbocycles. The monoisotopic (exact) mass is 571 g/mol. The average molecular weight is 572 g/mol. The Hall–Kier alpha value is -4.37. The lowest BCUT2D eigenvalue weighted by Gasteiger charge is -2.23. The molecule has 220 valence electrons. The molecule has 0 bridgehead atoms. The predicted octanol–water partition coefficient (Wildman–Crippen LogP) is 6.39. The number of benzene rings is 3. The molecule has 3 aromatic carbocycles. The Morgan fingerprint density at radius 1 is 1.07 bits per heavy atom. The molecule has 0 amide bonds. The number of ether oxygens (including phenoxy) is 1. The minimum absolute atomic E-state index is 0.0968. The lowest BCUT2D eigenvalue weighted by Crippen LogP contribution is -2.40. The molecule has 5 N–H and O–H groups in total. The third kappa shape index (κ3) is 7.88. The number of aliphatic hydroxyl groups is 3. The van der Waals surface area contributed by atoms with E-state index < -0.39 is 30.7 Å². The van der Waals surface area contributed by atoms with E-state index in [0.29, 0.717) is 28.8 Å². The highest BCUT2D eigenvalue weighted by Gasteiger charge is 2.25. The fourth-order valence-electron chi connectivity index (χ4n) is 4.42. The molecule has 0 fully saturated rings. The van der Waals surface area contributed by atoms with E-state index in [1.807, 2.05) is 67.6 Å². The number of aryl methyl sites for hydroxylation is 1. The maximum atomic E-state index is 15.7. The zero-order valence-electron chi connectivity index (χ0n) is 24.2. The summed E-state index contributed by atoms with van der Waals surface area (Å²) < 4.78 is 21.2. The number of hydrogen-bond acceptors (Lipinski definition) is 7. The third-order valence-corrected chi connectivity index (χ3v) is 6.76. The summed E-state index contributed by atoms with van der Waals surface area (Å²) in [4.78, 5) is 8.59. The van der Waals surface area contributed by atoms with Gasteiger partial charge in [0.05, 0.1) is 18.0 Å². The van der Waals surface area contributed by atoms with Crippen LogP contribution in [0.25, 0.3) is 28.0 Å². The maximum Gasteiger partial charge on any atom is 0.175 e. The molecule has 0 spiro atoms. The molecule has 3 atom stereocenters.